The third-order valence-corrected chi connectivity index (χ3v) is 8.07. The van der Waals surface area contributed by atoms with E-state index in [1.54, 1.807) is 0 Å². The molecule has 1 nitrogen and oxygen atoms in total. The largest absolute Gasteiger partial charge is 0.308 e. The normalized spacial score (nSPS) is 13.8. The molecule has 7 rings (SSSR count). The Morgan fingerprint density at radius 2 is 1.27 bits per heavy atom. The minimum Gasteiger partial charge on any atom is -0.308 e. The minimum atomic E-state index is -0.565. The summed E-state index contributed by atoms with van der Waals surface area (Å²) in [5.41, 5.74) is 9.28. The van der Waals surface area contributed by atoms with Crippen LogP contribution in [0.25, 0.3) is 49.7 Å². The van der Waals surface area contributed by atoms with Gasteiger partial charge in [-0.15, -0.1) is 0 Å². The molecule has 0 atom stereocenters. The van der Waals surface area contributed by atoms with E-state index in [-0.39, 0.29) is 11.0 Å². The van der Waals surface area contributed by atoms with Crippen LogP contribution >= 0.6 is 0 Å². The minimum absolute atomic E-state index is 0.000950. The zero-order valence-electron chi connectivity index (χ0n) is 20.9. The molecule has 0 bridgehead atoms. The summed E-state index contributed by atoms with van der Waals surface area (Å²) in [6.07, 6.45) is 0. The summed E-state index contributed by atoms with van der Waals surface area (Å²) < 4.78 is 32.4. The van der Waals surface area contributed by atoms with Crippen LogP contribution < -0.4 is 0 Å². The highest BCUT2D eigenvalue weighted by molar-refractivity contribution is 6.12. The van der Waals surface area contributed by atoms with E-state index < -0.39 is 11.6 Å². The van der Waals surface area contributed by atoms with E-state index in [1.807, 2.05) is 37.3 Å². The van der Waals surface area contributed by atoms with Gasteiger partial charge in [-0.2, -0.15) is 0 Å². The van der Waals surface area contributed by atoms with Gasteiger partial charge in [-0.05, 0) is 65.1 Å². The Bertz CT molecular complexity index is 1870. The molecule has 1 heterocycles. The lowest BCUT2D eigenvalue weighted by atomic mass is 9.82. The summed E-state index contributed by atoms with van der Waals surface area (Å²) in [4.78, 5) is 0. The fourth-order valence-electron chi connectivity index (χ4n) is 6.32. The van der Waals surface area contributed by atoms with Gasteiger partial charge in [0, 0.05) is 21.8 Å². The Kier molecular flexibility index (Phi) is 4.54. The molecule has 5 aromatic carbocycles. The van der Waals surface area contributed by atoms with E-state index in [4.69, 9.17) is 0 Å². The second kappa shape index (κ2) is 7.63. The molecule has 0 aliphatic heterocycles. The summed E-state index contributed by atoms with van der Waals surface area (Å²) in [7, 11) is 0. The predicted molar refractivity (Wildman–Crippen MR) is 148 cm³/mol. The van der Waals surface area contributed by atoms with Crippen LogP contribution in [0.4, 0.5) is 8.78 Å². The van der Waals surface area contributed by atoms with Gasteiger partial charge in [-0.1, -0.05) is 80.6 Å². The highest BCUT2D eigenvalue weighted by Gasteiger charge is 2.36. The molecule has 0 amide bonds. The molecule has 1 aliphatic rings. The molecule has 0 N–H and O–H groups in total. The third kappa shape index (κ3) is 2.94. The number of nitrogens with zero attached hydrogens (tertiary/aromatic N) is 1. The molecule has 37 heavy (non-hydrogen) atoms. The summed E-state index contributed by atoms with van der Waals surface area (Å²) in [6, 6.07) is 31.2. The van der Waals surface area contributed by atoms with Crippen molar-refractivity contribution in [2.24, 2.45) is 0 Å². The fourth-order valence-corrected chi connectivity index (χ4v) is 6.32. The molecule has 0 saturated carbocycles. The molecule has 0 spiro atoms. The average Bonchev–Trinajstić information content (AvgIpc) is 3.32. The van der Waals surface area contributed by atoms with Crippen LogP contribution in [-0.4, -0.2) is 4.57 Å². The van der Waals surface area contributed by atoms with E-state index in [1.165, 1.54) is 40.5 Å². The zero-order chi connectivity index (χ0) is 25.5. The number of fused-ring (bicyclic) bond motifs is 6. The number of hydrogen-bond acceptors (Lipinski definition) is 0. The molecule has 1 aliphatic carbocycles. The number of benzene rings is 5. The SMILES string of the molecule is Cc1cccc(-c2c(F)cccc2F)c1-n1c2ccccc2c2cc3c(cc21)C(C)(C)c1ccccc1-3. The first-order valence-electron chi connectivity index (χ1n) is 12.6. The van der Waals surface area contributed by atoms with Gasteiger partial charge in [-0.3, -0.25) is 0 Å². The van der Waals surface area contributed by atoms with Gasteiger partial charge in [0.2, 0.25) is 0 Å². The molecule has 0 saturated heterocycles. The number of halogens is 2. The number of aromatic nitrogens is 1. The molecule has 1 aromatic heterocycles. The molecular formula is C34H25F2N. The molecule has 3 heteroatoms. The fraction of sp³-hybridized carbons (Fsp3) is 0.118. The summed E-state index contributed by atoms with van der Waals surface area (Å²) in [6.45, 7) is 6.54. The van der Waals surface area contributed by atoms with Crippen molar-refractivity contribution in [3.63, 3.8) is 0 Å². The maximum absolute atomic E-state index is 15.1. The van der Waals surface area contributed by atoms with Crippen molar-refractivity contribution in [3.05, 3.63) is 125 Å². The first-order chi connectivity index (χ1) is 17.9. The van der Waals surface area contributed by atoms with E-state index >= 15 is 8.78 Å². The van der Waals surface area contributed by atoms with Crippen LogP contribution in [0.5, 0.6) is 0 Å². The van der Waals surface area contributed by atoms with Crippen molar-refractivity contribution in [2.45, 2.75) is 26.2 Å². The maximum atomic E-state index is 15.1. The number of rotatable bonds is 2. The van der Waals surface area contributed by atoms with Crippen molar-refractivity contribution >= 4 is 21.8 Å². The van der Waals surface area contributed by atoms with E-state index in [0.29, 0.717) is 5.56 Å². The second-order valence-corrected chi connectivity index (χ2v) is 10.5. The molecule has 0 radical (unpaired) electrons. The van der Waals surface area contributed by atoms with E-state index in [2.05, 4.69) is 66.9 Å². The Balaban J connectivity index is 1.64. The van der Waals surface area contributed by atoms with Crippen LogP contribution in [0.3, 0.4) is 0 Å². The van der Waals surface area contributed by atoms with E-state index in [9.17, 15) is 0 Å². The average molecular weight is 486 g/mol. The predicted octanol–water partition coefficient (Wildman–Crippen LogP) is 9.34. The Morgan fingerprint density at radius 1 is 0.595 bits per heavy atom. The molecule has 0 unspecified atom stereocenters. The van der Waals surface area contributed by atoms with Gasteiger partial charge in [0.05, 0.1) is 22.3 Å². The van der Waals surface area contributed by atoms with Crippen molar-refractivity contribution in [2.75, 3.05) is 0 Å². The lowest BCUT2D eigenvalue weighted by Gasteiger charge is -2.22. The Morgan fingerprint density at radius 3 is 2.08 bits per heavy atom. The van der Waals surface area contributed by atoms with Gasteiger partial charge in [-0.25, -0.2) is 8.78 Å². The van der Waals surface area contributed by atoms with Crippen LogP contribution in [0.1, 0.15) is 30.5 Å². The van der Waals surface area contributed by atoms with Gasteiger partial charge in [0.25, 0.3) is 0 Å². The molecule has 180 valence electrons. The first kappa shape index (κ1) is 22.0. The number of aryl methyl sites for hydroxylation is 1. The maximum Gasteiger partial charge on any atom is 0.134 e. The Labute approximate surface area is 214 Å². The smallest absolute Gasteiger partial charge is 0.134 e. The first-order valence-corrected chi connectivity index (χ1v) is 12.6. The summed E-state index contributed by atoms with van der Waals surface area (Å²) in [5, 5.41) is 2.25. The lowest BCUT2D eigenvalue weighted by Crippen LogP contribution is -2.15. The van der Waals surface area contributed by atoms with Crippen LogP contribution in [0.2, 0.25) is 0 Å². The van der Waals surface area contributed by atoms with Gasteiger partial charge >= 0.3 is 0 Å². The third-order valence-electron chi connectivity index (χ3n) is 8.07. The van der Waals surface area contributed by atoms with Crippen molar-refractivity contribution in [3.8, 4) is 27.9 Å². The van der Waals surface area contributed by atoms with Crippen LogP contribution in [0, 0.1) is 18.6 Å². The van der Waals surface area contributed by atoms with Crippen molar-refractivity contribution in [1.82, 2.24) is 4.57 Å². The topological polar surface area (TPSA) is 4.93 Å². The number of hydrogen-bond donors (Lipinski definition) is 0. The standard InChI is InChI=1S/C34H25F2N/c1-20-10-8-13-23(32-28(35)15-9-16-29(32)36)33(20)37-30-17-7-5-12-22(30)25-18-24-21-11-4-6-14-26(21)34(2,3)27(24)19-31(25)37/h4-19H,1-3H3. The lowest BCUT2D eigenvalue weighted by molar-refractivity contribution is 0.589. The zero-order valence-corrected chi connectivity index (χ0v) is 20.9. The van der Waals surface area contributed by atoms with Crippen LogP contribution in [0.15, 0.2) is 97.1 Å². The Hall–Kier alpha value is -4.24. The number of para-hydroxylation sites is 2. The van der Waals surface area contributed by atoms with Gasteiger partial charge in [0.15, 0.2) is 0 Å². The molecule has 0 fully saturated rings. The van der Waals surface area contributed by atoms with Crippen molar-refractivity contribution < 1.29 is 8.78 Å². The summed E-state index contributed by atoms with van der Waals surface area (Å²) >= 11 is 0. The van der Waals surface area contributed by atoms with E-state index in [0.717, 1.165) is 33.1 Å². The highest BCUT2D eigenvalue weighted by Crippen LogP contribution is 2.51. The summed E-state index contributed by atoms with van der Waals surface area (Å²) in [5.74, 6) is -1.13. The quantitative estimate of drug-likeness (QED) is 0.230. The van der Waals surface area contributed by atoms with Crippen molar-refractivity contribution in [1.29, 1.82) is 0 Å². The highest BCUT2D eigenvalue weighted by atomic mass is 19.1. The molecule has 6 aromatic rings. The van der Waals surface area contributed by atoms with Gasteiger partial charge < -0.3 is 4.57 Å². The van der Waals surface area contributed by atoms with Gasteiger partial charge in [0.1, 0.15) is 11.6 Å². The molecular weight excluding hydrogens is 460 g/mol. The van der Waals surface area contributed by atoms with Crippen LogP contribution in [-0.2, 0) is 5.41 Å². The monoisotopic (exact) mass is 485 g/mol. The second-order valence-electron chi connectivity index (χ2n) is 10.5.